The first kappa shape index (κ1) is 14.5. The molecule has 104 valence electrons. The number of halogens is 2. The zero-order valence-corrected chi connectivity index (χ0v) is 11.9. The highest BCUT2D eigenvalue weighted by molar-refractivity contribution is 6.30. The summed E-state index contributed by atoms with van der Waals surface area (Å²) < 4.78 is 12.8. The van der Waals surface area contributed by atoms with Gasteiger partial charge in [-0.25, -0.2) is 4.39 Å². The molecule has 0 aliphatic heterocycles. The molecule has 0 saturated heterocycles. The minimum absolute atomic E-state index is 0.0171. The van der Waals surface area contributed by atoms with Crippen LogP contribution in [-0.2, 0) is 17.8 Å². The van der Waals surface area contributed by atoms with Gasteiger partial charge in [-0.2, -0.15) is 0 Å². The third-order valence-corrected chi connectivity index (χ3v) is 3.24. The largest absolute Gasteiger partial charge is 0.341 e. The van der Waals surface area contributed by atoms with Crippen molar-refractivity contribution in [3.63, 3.8) is 0 Å². The lowest BCUT2D eigenvalue weighted by Crippen LogP contribution is -2.27. The summed E-state index contributed by atoms with van der Waals surface area (Å²) in [5.41, 5.74) is 1.78. The zero-order valence-electron chi connectivity index (χ0n) is 11.1. The number of carbonyl (C=O) groups is 1. The lowest BCUT2D eigenvalue weighted by atomic mass is 10.1. The Labute approximate surface area is 122 Å². The number of benzene rings is 2. The lowest BCUT2D eigenvalue weighted by molar-refractivity contribution is -0.129. The number of amides is 1. The Hall–Kier alpha value is -1.87. The summed E-state index contributed by atoms with van der Waals surface area (Å²) in [4.78, 5) is 13.7. The van der Waals surface area contributed by atoms with Crippen molar-refractivity contribution < 1.29 is 9.18 Å². The van der Waals surface area contributed by atoms with Crippen LogP contribution in [0.1, 0.15) is 11.1 Å². The third kappa shape index (κ3) is 4.07. The topological polar surface area (TPSA) is 20.3 Å². The fourth-order valence-corrected chi connectivity index (χ4v) is 2.12. The van der Waals surface area contributed by atoms with Crippen molar-refractivity contribution in [2.75, 3.05) is 7.05 Å². The Morgan fingerprint density at radius 3 is 2.50 bits per heavy atom. The van der Waals surface area contributed by atoms with E-state index in [4.69, 9.17) is 11.6 Å². The van der Waals surface area contributed by atoms with E-state index < -0.39 is 0 Å². The van der Waals surface area contributed by atoms with Crippen LogP contribution in [0.15, 0.2) is 48.5 Å². The van der Waals surface area contributed by atoms with Crippen LogP contribution < -0.4 is 0 Å². The minimum Gasteiger partial charge on any atom is -0.341 e. The maximum absolute atomic E-state index is 12.8. The first-order valence-corrected chi connectivity index (χ1v) is 6.65. The van der Waals surface area contributed by atoms with Crippen LogP contribution in [0.2, 0.25) is 5.02 Å². The second kappa shape index (κ2) is 6.53. The molecule has 0 atom stereocenters. The Kier molecular flexibility index (Phi) is 4.74. The molecule has 2 rings (SSSR count). The van der Waals surface area contributed by atoms with Crippen LogP contribution in [0.5, 0.6) is 0 Å². The molecule has 0 unspecified atom stereocenters. The molecule has 0 bridgehead atoms. The van der Waals surface area contributed by atoms with E-state index in [0.717, 1.165) is 11.1 Å². The van der Waals surface area contributed by atoms with Crippen LogP contribution in [-0.4, -0.2) is 17.9 Å². The number of likely N-dealkylation sites (N-methyl/N-ethyl adjacent to an activating group) is 1. The lowest BCUT2D eigenvalue weighted by Gasteiger charge is -2.17. The molecular formula is C16H15ClFNO. The minimum atomic E-state index is -0.298. The van der Waals surface area contributed by atoms with Gasteiger partial charge in [-0.05, 0) is 35.4 Å². The van der Waals surface area contributed by atoms with Gasteiger partial charge in [0.15, 0.2) is 0 Å². The van der Waals surface area contributed by atoms with Gasteiger partial charge in [0.2, 0.25) is 5.91 Å². The van der Waals surface area contributed by atoms with E-state index in [1.807, 2.05) is 18.2 Å². The molecule has 2 aromatic carbocycles. The molecule has 2 nitrogen and oxygen atoms in total. The van der Waals surface area contributed by atoms with Gasteiger partial charge < -0.3 is 4.90 Å². The molecule has 1 amide bonds. The molecule has 0 spiro atoms. The van der Waals surface area contributed by atoms with Crippen molar-refractivity contribution in [2.45, 2.75) is 13.0 Å². The maximum atomic E-state index is 12.8. The van der Waals surface area contributed by atoms with E-state index in [9.17, 15) is 9.18 Å². The highest BCUT2D eigenvalue weighted by Gasteiger charge is 2.10. The summed E-state index contributed by atoms with van der Waals surface area (Å²) in [6, 6.07) is 13.4. The Morgan fingerprint density at radius 1 is 1.15 bits per heavy atom. The highest BCUT2D eigenvalue weighted by Crippen LogP contribution is 2.13. The molecule has 0 radical (unpaired) electrons. The monoisotopic (exact) mass is 291 g/mol. The number of hydrogen-bond acceptors (Lipinski definition) is 1. The summed E-state index contributed by atoms with van der Waals surface area (Å²) in [5.74, 6) is -0.315. The summed E-state index contributed by atoms with van der Waals surface area (Å²) in [5, 5.41) is 0.655. The van der Waals surface area contributed by atoms with Crippen molar-refractivity contribution >= 4 is 17.5 Å². The van der Waals surface area contributed by atoms with Crippen molar-refractivity contribution in [1.29, 1.82) is 0 Å². The second-order valence-electron chi connectivity index (χ2n) is 4.68. The summed E-state index contributed by atoms with van der Waals surface area (Å²) in [6.07, 6.45) is 0.261. The average Bonchev–Trinajstić information content (AvgIpc) is 2.41. The van der Waals surface area contributed by atoms with Crippen LogP contribution in [0.25, 0.3) is 0 Å². The predicted molar refractivity (Wildman–Crippen MR) is 78.0 cm³/mol. The van der Waals surface area contributed by atoms with Gasteiger partial charge in [0.1, 0.15) is 5.82 Å². The number of nitrogens with zero attached hydrogens (tertiary/aromatic N) is 1. The van der Waals surface area contributed by atoms with Crippen molar-refractivity contribution in [2.24, 2.45) is 0 Å². The van der Waals surface area contributed by atoms with E-state index in [2.05, 4.69) is 0 Å². The predicted octanol–water partition coefficient (Wildman–Crippen LogP) is 3.68. The van der Waals surface area contributed by atoms with E-state index in [1.54, 1.807) is 30.1 Å². The molecule has 0 aliphatic carbocycles. The van der Waals surface area contributed by atoms with Crippen LogP contribution in [0.3, 0.4) is 0 Å². The van der Waals surface area contributed by atoms with Crippen LogP contribution in [0.4, 0.5) is 4.39 Å². The fraction of sp³-hybridized carbons (Fsp3) is 0.188. The number of hydrogen-bond donors (Lipinski definition) is 0. The molecule has 0 aromatic heterocycles. The van der Waals surface area contributed by atoms with E-state index in [1.165, 1.54) is 12.1 Å². The fourth-order valence-electron chi connectivity index (χ4n) is 1.91. The van der Waals surface area contributed by atoms with Gasteiger partial charge in [-0.1, -0.05) is 35.9 Å². The van der Waals surface area contributed by atoms with Gasteiger partial charge in [0.05, 0.1) is 6.42 Å². The van der Waals surface area contributed by atoms with Gasteiger partial charge in [0.25, 0.3) is 0 Å². The standard InChI is InChI=1S/C16H15ClFNO/c1-19(11-13-3-2-4-14(17)9-13)16(20)10-12-5-7-15(18)8-6-12/h2-9H,10-11H2,1H3. The van der Waals surface area contributed by atoms with Gasteiger partial charge >= 0.3 is 0 Å². The number of carbonyl (C=O) groups excluding carboxylic acids is 1. The first-order valence-electron chi connectivity index (χ1n) is 6.27. The molecule has 0 N–H and O–H groups in total. The van der Waals surface area contributed by atoms with E-state index in [0.29, 0.717) is 11.6 Å². The molecular weight excluding hydrogens is 277 g/mol. The molecule has 2 aromatic rings. The Balaban J connectivity index is 1.96. The molecule has 0 heterocycles. The molecule has 4 heteroatoms. The first-order chi connectivity index (χ1) is 9.54. The van der Waals surface area contributed by atoms with Crippen molar-refractivity contribution in [1.82, 2.24) is 4.90 Å². The quantitative estimate of drug-likeness (QED) is 0.841. The maximum Gasteiger partial charge on any atom is 0.227 e. The Bertz CT molecular complexity index is 598. The highest BCUT2D eigenvalue weighted by atomic mass is 35.5. The normalized spacial score (nSPS) is 10.3. The average molecular weight is 292 g/mol. The van der Waals surface area contributed by atoms with Gasteiger partial charge in [-0.3, -0.25) is 4.79 Å². The zero-order chi connectivity index (χ0) is 14.5. The van der Waals surface area contributed by atoms with E-state index in [-0.39, 0.29) is 18.1 Å². The van der Waals surface area contributed by atoms with Crippen LogP contribution >= 0.6 is 11.6 Å². The second-order valence-corrected chi connectivity index (χ2v) is 5.12. The SMILES string of the molecule is CN(Cc1cccc(Cl)c1)C(=O)Cc1ccc(F)cc1. The molecule has 0 aliphatic rings. The van der Waals surface area contributed by atoms with Crippen LogP contribution in [0, 0.1) is 5.82 Å². The molecule has 20 heavy (non-hydrogen) atoms. The summed E-state index contributed by atoms with van der Waals surface area (Å²) in [7, 11) is 1.74. The summed E-state index contributed by atoms with van der Waals surface area (Å²) in [6.45, 7) is 0.501. The van der Waals surface area contributed by atoms with Gasteiger partial charge in [-0.15, -0.1) is 0 Å². The summed E-state index contributed by atoms with van der Waals surface area (Å²) >= 11 is 5.91. The van der Waals surface area contributed by atoms with E-state index >= 15 is 0 Å². The third-order valence-electron chi connectivity index (χ3n) is 3.00. The van der Waals surface area contributed by atoms with Crippen molar-refractivity contribution in [3.8, 4) is 0 Å². The van der Waals surface area contributed by atoms with Crippen molar-refractivity contribution in [3.05, 3.63) is 70.5 Å². The smallest absolute Gasteiger partial charge is 0.227 e. The number of rotatable bonds is 4. The Morgan fingerprint density at radius 2 is 1.85 bits per heavy atom. The van der Waals surface area contributed by atoms with Gasteiger partial charge in [0, 0.05) is 18.6 Å². The molecule has 0 fully saturated rings. The molecule has 0 saturated carbocycles.